The van der Waals surface area contributed by atoms with E-state index in [0.29, 0.717) is 17.1 Å². The largest absolute Gasteiger partial charge is 0.383 e. The molecule has 5 nitrogen and oxygen atoms in total. The molecule has 2 heterocycles. The van der Waals surface area contributed by atoms with Crippen LogP contribution in [0.5, 0.6) is 0 Å². The van der Waals surface area contributed by atoms with E-state index in [0.717, 1.165) is 11.1 Å². The van der Waals surface area contributed by atoms with Gasteiger partial charge in [-0.3, -0.25) is 9.78 Å². The molecule has 0 unspecified atom stereocenters. The molecule has 0 fully saturated rings. The van der Waals surface area contributed by atoms with Gasteiger partial charge in [0.25, 0.3) is 5.56 Å². The fourth-order valence-electron chi connectivity index (χ4n) is 1.63. The molecule has 0 saturated carbocycles. The normalized spacial score (nSPS) is 10.5. The summed E-state index contributed by atoms with van der Waals surface area (Å²) in [5.74, 6) is 0.654. The van der Waals surface area contributed by atoms with Gasteiger partial charge < -0.3 is 10.7 Å². The summed E-state index contributed by atoms with van der Waals surface area (Å²) >= 11 is 0. The summed E-state index contributed by atoms with van der Waals surface area (Å²) in [6, 6.07) is 1.98. The first-order chi connectivity index (χ1) is 7.99. The van der Waals surface area contributed by atoms with Crippen molar-refractivity contribution < 1.29 is 0 Å². The summed E-state index contributed by atoms with van der Waals surface area (Å²) in [4.78, 5) is 22.7. The summed E-state index contributed by atoms with van der Waals surface area (Å²) in [7, 11) is 0. The van der Waals surface area contributed by atoms with Gasteiger partial charge in [0, 0.05) is 6.20 Å². The number of aryl methyl sites for hydroxylation is 2. The lowest BCUT2D eigenvalue weighted by Gasteiger charge is -2.06. The molecule has 0 aliphatic carbocycles. The highest BCUT2D eigenvalue weighted by Crippen LogP contribution is 2.17. The number of nitrogens with two attached hydrogens (primary N) is 1. The van der Waals surface area contributed by atoms with Crippen LogP contribution in [-0.4, -0.2) is 15.0 Å². The second-order valence-electron chi connectivity index (χ2n) is 4.10. The number of aromatic nitrogens is 3. The van der Waals surface area contributed by atoms with Gasteiger partial charge in [0.05, 0.1) is 5.56 Å². The van der Waals surface area contributed by atoms with E-state index in [1.165, 1.54) is 0 Å². The van der Waals surface area contributed by atoms with Gasteiger partial charge in [0.1, 0.15) is 11.5 Å². The molecular weight excluding hydrogens is 216 g/mol. The standard InChI is InChI=1S/C12H14N4O/c1-6-4-7(2)9(14-5-6)11-15-10(13)8(3)12(17)16-11/h4-5H,1-3H3,(H3,13,15,16,17). The number of hydrogen-bond donors (Lipinski definition) is 2. The van der Waals surface area contributed by atoms with Crippen molar-refractivity contribution in [3.8, 4) is 11.5 Å². The monoisotopic (exact) mass is 230 g/mol. The smallest absolute Gasteiger partial charge is 0.256 e. The van der Waals surface area contributed by atoms with Gasteiger partial charge in [0.2, 0.25) is 0 Å². The Labute approximate surface area is 98.7 Å². The van der Waals surface area contributed by atoms with E-state index < -0.39 is 0 Å². The summed E-state index contributed by atoms with van der Waals surface area (Å²) in [6.07, 6.45) is 1.73. The van der Waals surface area contributed by atoms with Crippen molar-refractivity contribution in [3.05, 3.63) is 39.3 Å². The van der Waals surface area contributed by atoms with Crippen LogP contribution in [0.1, 0.15) is 16.7 Å². The summed E-state index contributed by atoms with van der Waals surface area (Å²) in [5, 5.41) is 0. The number of nitrogens with one attached hydrogen (secondary N) is 1. The second kappa shape index (κ2) is 4.01. The Morgan fingerprint density at radius 3 is 2.59 bits per heavy atom. The molecule has 5 heteroatoms. The Balaban J connectivity index is 2.65. The zero-order chi connectivity index (χ0) is 12.6. The predicted octanol–water partition coefficient (Wildman–Crippen LogP) is 1.34. The molecule has 0 amide bonds. The van der Waals surface area contributed by atoms with Gasteiger partial charge in [-0.25, -0.2) is 4.98 Å². The van der Waals surface area contributed by atoms with E-state index in [2.05, 4.69) is 15.0 Å². The van der Waals surface area contributed by atoms with Crippen molar-refractivity contribution in [2.75, 3.05) is 5.73 Å². The molecule has 0 spiro atoms. The molecule has 3 N–H and O–H groups in total. The number of anilines is 1. The molecule has 0 radical (unpaired) electrons. The van der Waals surface area contributed by atoms with Gasteiger partial charge in [-0.05, 0) is 31.9 Å². The van der Waals surface area contributed by atoms with Crippen molar-refractivity contribution >= 4 is 5.82 Å². The summed E-state index contributed by atoms with van der Waals surface area (Å²) < 4.78 is 0. The molecule has 0 aliphatic rings. The molecule has 0 aromatic carbocycles. The first-order valence-corrected chi connectivity index (χ1v) is 5.29. The fraction of sp³-hybridized carbons (Fsp3) is 0.250. The van der Waals surface area contributed by atoms with E-state index >= 15 is 0 Å². The Morgan fingerprint density at radius 2 is 2.00 bits per heavy atom. The van der Waals surface area contributed by atoms with Crippen molar-refractivity contribution in [1.82, 2.24) is 15.0 Å². The molecule has 0 bridgehead atoms. The maximum absolute atomic E-state index is 11.6. The van der Waals surface area contributed by atoms with E-state index in [4.69, 9.17) is 5.73 Å². The highest BCUT2D eigenvalue weighted by atomic mass is 16.1. The lowest BCUT2D eigenvalue weighted by molar-refractivity contribution is 1.06. The molecule has 0 aliphatic heterocycles. The average molecular weight is 230 g/mol. The maximum Gasteiger partial charge on any atom is 0.256 e. The number of pyridine rings is 1. The Bertz CT molecular complexity index is 631. The molecule has 2 aromatic heterocycles. The lowest BCUT2D eigenvalue weighted by Crippen LogP contribution is -2.16. The number of H-pyrrole nitrogens is 1. The van der Waals surface area contributed by atoms with Crippen LogP contribution >= 0.6 is 0 Å². The number of rotatable bonds is 1. The highest BCUT2D eigenvalue weighted by Gasteiger charge is 2.09. The first-order valence-electron chi connectivity index (χ1n) is 5.29. The number of nitrogen functional groups attached to an aromatic ring is 1. The van der Waals surface area contributed by atoms with Crippen LogP contribution in [0, 0.1) is 20.8 Å². The molecular formula is C12H14N4O. The van der Waals surface area contributed by atoms with E-state index in [1.807, 2.05) is 19.9 Å². The lowest BCUT2D eigenvalue weighted by atomic mass is 10.1. The van der Waals surface area contributed by atoms with Gasteiger partial charge >= 0.3 is 0 Å². The molecule has 17 heavy (non-hydrogen) atoms. The highest BCUT2D eigenvalue weighted by molar-refractivity contribution is 5.57. The van der Waals surface area contributed by atoms with Crippen LogP contribution in [0.3, 0.4) is 0 Å². The average Bonchev–Trinajstić information content (AvgIpc) is 2.25. The minimum atomic E-state index is -0.228. The molecule has 88 valence electrons. The zero-order valence-corrected chi connectivity index (χ0v) is 10.0. The van der Waals surface area contributed by atoms with Crippen LogP contribution in [0.25, 0.3) is 11.5 Å². The third kappa shape index (κ3) is 2.04. The topological polar surface area (TPSA) is 84.7 Å². The molecule has 0 atom stereocenters. The van der Waals surface area contributed by atoms with Gasteiger partial charge in [0.15, 0.2) is 5.82 Å². The summed E-state index contributed by atoms with van der Waals surface area (Å²) in [5.41, 5.74) is 8.55. The van der Waals surface area contributed by atoms with E-state index in [-0.39, 0.29) is 11.4 Å². The van der Waals surface area contributed by atoms with Crippen molar-refractivity contribution in [1.29, 1.82) is 0 Å². The van der Waals surface area contributed by atoms with Crippen LogP contribution in [0.4, 0.5) is 5.82 Å². The van der Waals surface area contributed by atoms with Crippen LogP contribution < -0.4 is 11.3 Å². The van der Waals surface area contributed by atoms with Gasteiger partial charge in [-0.1, -0.05) is 6.07 Å². The first kappa shape index (κ1) is 11.3. The maximum atomic E-state index is 11.6. The van der Waals surface area contributed by atoms with Crippen molar-refractivity contribution in [3.63, 3.8) is 0 Å². The van der Waals surface area contributed by atoms with E-state index in [9.17, 15) is 4.79 Å². The van der Waals surface area contributed by atoms with Crippen LogP contribution in [0.2, 0.25) is 0 Å². The second-order valence-corrected chi connectivity index (χ2v) is 4.10. The number of nitrogens with zero attached hydrogens (tertiary/aromatic N) is 2. The number of aromatic amines is 1. The Morgan fingerprint density at radius 1 is 1.29 bits per heavy atom. The Hall–Kier alpha value is -2.17. The molecule has 2 rings (SSSR count). The molecule has 0 saturated heterocycles. The third-order valence-electron chi connectivity index (χ3n) is 2.63. The summed E-state index contributed by atoms with van der Waals surface area (Å²) in [6.45, 7) is 5.52. The van der Waals surface area contributed by atoms with Crippen molar-refractivity contribution in [2.24, 2.45) is 0 Å². The minimum absolute atomic E-state index is 0.228. The van der Waals surface area contributed by atoms with Crippen LogP contribution in [0.15, 0.2) is 17.1 Å². The SMILES string of the molecule is Cc1cnc(-c2nc(N)c(C)c(=O)[nH]2)c(C)c1. The minimum Gasteiger partial charge on any atom is -0.383 e. The molecule has 2 aromatic rings. The third-order valence-corrected chi connectivity index (χ3v) is 2.63. The zero-order valence-electron chi connectivity index (χ0n) is 10.0. The van der Waals surface area contributed by atoms with Gasteiger partial charge in [-0.15, -0.1) is 0 Å². The van der Waals surface area contributed by atoms with Gasteiger partial charge in [-0.2, -0.15) is 0 Å². The predicted molar refractivity (Wildman–Crippen MR) is 66.7 cm³/mol. The fourth-order valence-corrected chi connectivity index (χ4v) is 1.63. The van der Waals surface area contributed by atoms with Crippen LogP contribution in [-0.2, 0) is 0 Å². The Kier molecular flexibility index (Phi) is 2.67. The van der Waals surface area contributed by atoms with E-state index in [1.54, 1.807) is 13.1 Å². The number of hydrogen-bond acceptors (Lipinski definition) is 4. The van der Waals surface area contributed by atoms with Crippen molar-refractivity contribution in [2.45, 2.75) is 20.8 Å². The quantitative estimate of drug-likeness (QED) is 0.774.